The molecule has 5 rings (SSSR count). The van der Waals surface area contributed by atoms with Crippen molar-refractivity contribution in [2.24, 2.45) is 0 Å². The van der Waals surface area contributed by atoms with Crippen LogP contribution < -0.4 is 5.32 Å². The van der Waals surface area contributed by atoms with Crippen LogP contribution in [0.15, 0.2) is 64.8 Å². The summed E-state index contributed by atoms with van der Waals surface area (Å²) in [4.78, 5) is 6.87. The SMILES string of the molecule is CC1=C(c2nc(-c3ccccc3)no2)C(c2ccc(C)cc2)NC(=S)N1CC1CCCO1. The molecule has 1 saturated heterocycles. The van der Waals surface area contributed by atoms with Crippen molar-refractivity contribution in [2.75, 3.05) is 13.2 Å². The predicted molar refractivity (Wildman–Crippen MR) is 128 cm³/mol. The summed E-state index contributed by atoms with van der Waals surface area (Å²) in [6.45, 7) is 5.68. The van der Waals surface area contributed by atoms with Gasteiger partial charge >= 0.3 is 0 Å². The number of aromatic nitrogens is 2. The normalized spacial score (nSPS) is 21.2. The molecule has 7 heteroatoms. The fourth-order valence-corrected chi connectivity index (χ4v) is 4.65. The van der Waals surface area contributed by atoms with Gasteiger partial charge in [0.15, 0.2) is 5.11 Å². The molecule has 0 radical (unpaired) electrons. The minimum atomic E-state index is -0.173. The van der Waals surface area contributed by atoms with Gasteiger partial charge in [0.1, 0.15) is 0 Å². The van der Waals surface area contributed by atoms with Crippen LogP contribution in [0.25, 0.3) is 17.0 Å². The predicted octanol–water partition coefficient (Wildman–Crippen LogP) is 4.89. The van der Waals surface area contributed by atoms with Crippen LogP contribution in [0.1, 0.15) is 42.8 Å². The van der Waals surface area contributed by atoms with Crippen LogP contribution in [0.4, 0.5) is 0 Å². The Kier molecular flexibility index (Phi) is 5.76. The number of aryl methyl sites for hydroxylation is 1. The second-order valence-corrected chi connectivity index (χ2v) is 8.71. The molecule has 0 amide bonds. The number of hydrogen-bond donors (Lipinski definition) is 1. The molecule has 0 saturated carbocycles. The van der Waals surface area contributed by atoms with Crippen molar-refractivity contribution >= 4 is 22.9 Å². The number of rotatable bonds is 5. The van der Waals surface area contributed by atoms with Crippen LogP contribution in [0.5, 0.6) is 0 Å². The van der Waals surface area contributed by atoms with Gasteiger partial charge in [-0.05, 0) is 44.5 Å². The van der Waals surface area contributed by atoms with E-state index in [0.717, 1.165) is 41.8 Å². The lowest BCUT2D eigenvalue weighted by Crippen LogP contribution is -2.48. The average Bonchev–Trinajstić information content (AvgIpc) is 3.50. The number of ether oxygens (including phenoxy) is 1. The summed E-state index contributed by atoms with van der Waals surface area (Å²) >= 11 is 5.78. The van der Waals surface area contributed by atoms with Crippen LogP contribution in [0, 0.1) is 6.92 Å². The van der Waals surface area contributed by atoms with E-state index in [4.69, 9.17) is 26.5 Å². The zero-order valence-electron chi connectivity index (χ0n) is 18.2. The average molecular weight is 447 g/mol. The second kappa shape index (κ2) is 8.84. The standard InChI is InChI=1S/C25H26N4O2S/c1-16-10-12-18(13-11-16)22-21(24-27-23(28-31-24)19-7-4-3-5-8-19)17(2)29(25(32)26-22)15-20-9-6-14-30-20/h3-5,7-8,10-13,20,22H,6,9,14-15H2,1-2H3,(H,26,32). The maximum atomic E-state index is 5.88. The number of benzene rings is 2. The number of thiocarbonyl (C=S) groups is 1. The smallest absolute Gasteiger partial charge is 0.258 e. The van der Waals surface area contributed by atoms with E-state index < -0.39 is 0 Å². The highest BCUT2D eigenvalue weighted by Gasteiger charge is 2.35. The van der Waals surface area contributed by atoms with Crippen molar-refractivity contribution in [1.82, 2.24) is 20.4 Å². The number of allylic oxidation sites excluding steroid dienone is 1. The topological polar surface area (TPSA) is 63.4 Å². The third-order valence-electron chi connectivity index (χ3n) is 6.11. The summed E-state index contributed by atoms with van der Waals surface area (Å²) in [7, 11) is 0. The van der Waals surface area contributed by atoms with Crippen molar-refractivity contribution in [2.45, 2.75) is 38.8 Å². The van der Waals surface area contributed by atoms with Crippen LogP contribution in [0.3, 0.4) is 0 Å². The van der Waals surface area contributed by atoms with E-state index in [0.29, 0.717) is 23.4 Å². The summed E-state index contributed by atoms with van der Waals surface area (Å²) in [5.41, 5.74) is 5.18. The molecule has 164 valence electrons. The molecule has 0 spiro atoms. The van der Waals surface area contributed by atoms with Crippen LogP contribution in [0.2, 0.25) is 0 Å². The second-order valence-electron chi connectivity index (χ2n) is 8.33. The third-order valence-corrected chi connectivity index (χ3v) is 6.44. The van der Waals surface area contributed by atoms with Crippen LogP contribution in [-0.2, 0) is 4.74 Å². The summed E-state index contributed by atoms with van der Waals surface area (Å²) in [5, 5.41) is 8.47. The lowest BCUT2D eigenvalue weighted by molar-refractivity contribution is 0.0962. The number of nitrogens with zero attached hydrogens (tertiary/aromatic N) is 3. The van der Waals surface area contributed by atoms with Gasteiger partial charge in [-0.2, -0.15) is 4.98 Å². The molecule has 0 aliphatic carbocycles. The van der Waals surface area contributed by atoms with Gasteiger partial charge in [0, 0.05) is 17.9 Å². The summed E-state index contributed by atoms with van der Waals surface area (Å²) < 4.78 is 11.7. The number of nitrogens with one attached hydrogen (secondary N) is 1. The Balaban J connectivity index is 1.57. The molecule has 1 aromatic heterocycles. The third kappa shape index (κ3) is 4.06. The van der Waals surface area contributed by atoms with Gasteiger partial charge in [-0.1, -0.05) is 65.3 Å². The van der Waals surface area contributed by atoms with Crippen molar-refractivity contribution < 1.29 is 9.26 Å². The molecular formula is C25H26N4O2S. The molecule has 1 fully saturated rings. The Morgan fingerprint density at radius 1 is 1.09 bits per heavy atom. The molecule has 32 heavy (non-hydrogen) atoms. The summed E-state index contributed by atoms with van der Waals surface area (Å²) in [6, 6.07) is 18.1. The van der Waals surface area contributed by atoms with E-state index in [2.05, 4.69) is 53.5 Å². The Bertz CT molecular complexity index is 1130. The largest absolute Gasteiger partial charge is 0.376 e. The molecule has 2 aromatic carbocycles. The first kappa shape index (κ1) is 20.8. The molecule has 2 unspecified atom stereocenters. The molecular weight excluding hydrogens is 420 g/mol. The Labute approximate surface area is 193 Å². The van der Waals surface area contributed by atoms with Crippen molar-refractivity contribution in [3.63, 3.8) is 0 Å². The highest BCUT2D eigenvalue weighted by molar-refractivity contribution is 7.80. The van der Waals surface area contributed by atoms with E-state index in [1.807, 2.05) is 30.3 Å². The van der Waals surface area contributed by atoms with Crippen molar-refractivity contribution in [3.8, 4) is 11.4 Å². The van der Waals surface area contributed by atoms with Crippen molar-refractivity contribution in [1.29, 1.82) is 0 Å². The Morgan fingerprint density at radius 2 is 1.88 bits per heavy atom. The minimum absolute atomic E-state index is 0.171. The number of hydrogen-bond acceptors (Lipinski definition) is 5. The molecule has 2 aliphatic heterocycles. The molecule has 3 aromatic rings. The maximum absolute atomic E-state index is 5.88. The Hall–Kier alpha value is -3.03. The quantitative estimate of drug-likeness (QED) is 0.560. The van der Waals surface area contributed by atoms with Crippen LogP contribution in [-0.4, -0.2) is 39.4 Å². The lowest BCUT2D eigenvalue weighted by atomic mass is 9.94. The van der Waals surface area contributed by atoms with Crippen molar-refractivity contribution in [3.05, 3.63) is 77.3 Å². The zero-order valence-corrected chi connectivity index (χ0v) is 19.1. The highest BCUT2D eigenvalue weighted by Crippen LogP contribution is 2.38. The van der Waals surface area contributed by atoms with Gasteiger partial charge in [-0.3, -0.25) is 0 Å². The molecule has 6 nitrogen and oxygen atoms in total. The van der Waals surface area contributed by atoms with Crippen LogP contribution >= 0.6 is 12.2 Å². The van der Waals surface area contributed by atoms with Gasteiger partial charge in [-0.25, -0.2) is 0 Å². The molecule has 2 atom stereocenters. The minimum Gasteiger partial charge on any atom is -0.376 e. The molecule has 0 bridgehead atoms. The summed E-state index contributed by atoms with van der Waals surface area (Å²) in [5.74, 6) is 1.07. The van der Waals surface area contributed by atoms with E-state index >= 15 is 0 Å². The van der Waals surface area contributed by atoms with E-state index in [-0.39, 0.29) is 12.1 Å². The first-order chi connectivity index (χ1) is 15.6. The van der Waals surface area contributed by atoms with E-state index in [1.54, 1.807) is 0 Å². The monoisotopic (exact) mass is 446 g/mol. The summed E-state index contributed by atoms with van der Waals surface area (Å²) in [6.07, 6.45) is 2.30. The van der Waals surface area contributed by atoms with Gasteiger partial charge in [-0.15, -0.1) is 0 Å². The van der Waals surface area contributed by atoms with Gasteiger partial charge < -0.3 is 19.5 Å². The Morgan fingerprint density at radius 3 is 2.59 bits per heavy atom. The fourth-order valence-electron chi connectivity index (χ4n) is 4.32. The molecule has 3 heterocycles. The molecule has 2 aliphatic rings. The first-order valence-corrected chi connectivity index (χ1v) is 11.4. The van der Waals surface area contributed by atoms with Gasteiger partial charge in [0.2, 0.25) is 5.82 Å². The van der Waals surface area contributed by atoms with Gasteiger partial charge in [0.05, 0.1) is 24.3 Å². The maximum Gasteiger partial charge on any atom is 0.258 e. The highest BCUT2D eigenvalue weighted by atomic mass is 32.1. The fraction of sp³-hybridized carbons (Fsp3) is 0.320. The van der Waals surface area contributed by atoms with Gasteiger partial charge in [0.25, 0.3) is 5.89 Å². The first-order valence-electron chi connectivity index (χ1n) is 11.0. The van der Waals surface area contributed by atoms with E-state index in [1.165, 1.54) is 5.56 Å². The molecule has 1 N–H and O–H groups in total. The lowest BCUT2D eigenvalue weighted by Gasteiger charge is -2.38. The zero-order chi connectivity index (χ0) is 22.1. The van der Waals surface area contributed by atoms with E-state index in [9.17, 15) is 0 Å².